The van der Waals surface area contributed by atoms with Crippen LogP contribution in [-0.2, 0) is 12.8 Å². The molecule has 2 aromatic carbocycles. The highest BCUT2D eigenvalue weighted by molar-refractivity contribution is 5.68. The van der Waals surface area contributed by atoms with E-state index >= 15 is 0 Å². The molecule has 0 spiro atoms. The summed E-state index contributed by atoms with van der Waals surface area (Å²) in [7, 11) is 0. The second-order valence-corrected chi connectivity index (χ2v) is 9.66. The molecule has 0 N–H and O–H groups in total. The molecule has 0 radical (unpaired) electrons. The average molecular weight is 439 g/mol. The third-order valence-corrected chi connectivity index (χ3v) is 5.79. The van der Waals surface area contributed by atoms with Crippen molar-refractivity contribution in [3.63, 3.8) is 0 Å². The van der Waals surface area contributed by atoms with Gasteiger partial charge in [0, 0.05) is 0 Å². The van der Waals surface area contributed by atoms with Gasteiger partial charge in [-0.1, -0.05) is 103 Å². The Balaban J connectivity index is 1.86. The van der Waals surface area contributed by atoms with Crippen LogP contribution in [0.1, 0.15) is 90.2 Å². The number of para-hydroxylation sites is 2. The van der Waals surface area contributed by atoms with Crippen LogP contribution < -0.4 is 9.47 Å². The van der Waals surface area contributed by atoms with Crippen LogP contribution in [0.5, 0.6) is 11.5 Å². The molecular weight excluding hydrogens is 396 g/mol. The van der Waals surface area contributed by atoms with E-state index < -0.39 is 6.16 Å². The van der Waals surface area contributed by atoms with Gasteiger partial charge in [0.2, 0.25) is 0 Å². The lowest BCUT2D eigenvalue weighted by atomic mass is 10.0. The zero-order valence-corrected chi connectivity index (χ0v) is 20.6. The minimum absolute atomic E-state index is 0.604. The molecule has 0 amide bonds. The summed E-state index contributed by atoms with van der Waals surface area (Å²) in [5.74, 6) is 2.71. The Morgan fingerprint density at radius 3 is 1.44 bits per heavy atom. The molecule has 0 aromatic heterocycles. The van der Waals surface area contributed by atoms with Gasteiger partial charge in [-0.15, -0.1) is 0 Å². The maximum Gasteiger partial charge on any atom is 0.519 e. The van der Waals surface area contributed by atoms with Gasteiger partial charge in [-0.25, -0.2) is 4.79 Å². The Bertz CT molecular complexity index is 729. The number of ether oxygens (including phenoxy) is 2. The second kappa shape index (κ2) is 14.7. The molecule has 0 atom stereocenters. The monoisotopic (exact) mass is 438 g/mol. The first-order valence-electron chi connectivity index (χ1n) is 12.5. The smallest absolute Gasteiger partial charge is 0.394 e. The molecule has 0 saturated heterocycles. The van der Waals surface area contributed by atoms with Gasteiger partial charge in [0.1, 0.15) is 11.5 Å². The van der Waals surface area contributed by atoms with Gasteiger partial charge >= 0.3 is 6.16 Å². The van der Waals surface area contributed by atoms with Gasteiger partial charge in [-0.2, -0.15) is 0 Å². The fraction of sp³-hybridized carbons (Fsp3) is 0.552. The molecule has 3 nitrogen and oxygen atoms in total. The van der Waals surface area contributed by atoms with Crippen LogP contribution in [0.3, 0.4) is 0 Å². The number of unbranched alkanes of at least 4 members (excludes halogenated alkanes) is 4. The normalized spacial score (nSPS) is 11.2. The van der Waals surface area contributed by atoms with E-state index in [4.69, 9.17) is 9.47 Å². The fourth-order valence-corrected chi connectivity index (χ4v) is 3.91. The molecule has 0 heterocycles. The van der Waals surface area contributed by atoms with E-state index in [9.17, 15) is 4.79 Å². The zero-order chi connectivity index (χ0) is 23.2. The Hall–Kier alpha value is -2.29. The first kappa shape index (κ1) is 26.0. The maximum atomic E-state index is 12.5. The molecule has 176 valence electrons. The van der Waals surface area contributed by atoms with E-state index in [1.165, 1.54) is 38.5 Å². The number of aryl methyl sites for hydroxylation is 2. The molecule has 0 fully saturated rings. The molecule has 0 saturated carbocycles. The number of rotatable bonds is 14. The summed E-state index contributed by atoms with van der Waals surface area (Å²) in [6, 6.07) is 15.6. The highest BCUT2D eigenvalue weighted by Crippen LogP contribution is 2.24. The summed E-state index contributed by atoms with van der Waals surface area (Å²) >= 11 is 0. The molecule has 3 heteroatoms. The largest absolute Gasteiger partial charge is 0.519 e. The van der Waals surface area contributed by atoms with Gasteiger partial charge in [-0.05, 0) is 60.8 Å². The number of hydrogen-bond donors (Lipinski definition) is 0. The van der Waals surface area contributed by atoms with E-state index in [0.29, 0.717) is 11.5 Å². The van der Waals surface area contributed by atoms with E-state index in [1.807, 2.05) is 48.5 Å². The van der Waals surface area contributed by atoms with E-state index in [2.05, 4.69) is 27.7 Å². The Kier molecular flexibility index (Phi) is 11.9. The molecule has 0 unspecified atom stereocenters. The van der Waals surface area contributed by atoms with Crippen LogP contribution in [0.4, 0.5) is 4.79 Å². The number of hydrogen-bond acceptors (Lipinski definition) is 3. The van der Waals surface area contributed by atoms with Crippen molar-refractivity contribution in [3.05, 3.63) is 59.7 Å². The first-order chi connectivity index (χ1) is 15.5. The Morgan fingerprint density at radius 2 is 1.03 bits per heavy atom. The van der Waals surface area contributed by atoms with Crippen LogP contribution in [0.25, 0.3) is 0 Å². The third-order valence-electron chi connectivity index (χ3n) is 5.79. The summed E-state index contributed by atoms with van der Waals surface area (Å²) in [5.41, 5.74) is 2.12. The Labute approximate surface area is 195 Å². The van der Waals surface area contributed by atoms with Crippen molar-refractivity contribution in [1.82, 2.24) is 0 Å². The average Bonchev–Trinajstić information content (AvgIpc) is 2.75. The van der Waals surface area contributed by atoms with E-state index in [0.717, 1.165) is 48.6 Å². The predicted octanol–water partition coefficient (Wildman–Crippen LogP) is 8.78. The van der Waals surface area contributed by atoms with Crippen molar-refractivity contribution >= 4 is 6.16 Å². The molecule has 32 heavy (non-hydrogen) atoms. The zero-order valence-electron chi connectivity index (χ0n) is 20.6. The molecule has 0 aliphatic heterocycles. The van der Waals surface area contributed by atoms with Crippen molar-refractivity contribution in [2.24, 2.45) is 11.8 Å². The summed E-state index contributed by atoms with van der Waals surface area (Å²) in [4.78, 5) is 12.5. The quantitative estimate of drug-likeness (QED) is 0.168. The van der Waals surface area contributed by atoms with Gasteiger partial charge in [0.25, 0.3) is 0 Å². The van der Waals surface area contributed by atoms with Gasteiger partial charge in [-0.3, -0.25) is 0 Å². The standard InChI is InChI=1S/C29H42O3/c1-23(2)15-7-5-9-17-25-19-11-13-21-27(25)31-29(30)32-28-22-14-12-20-26(28)18-10-6-8-16-24(3)4/h11-14,19-24H,5-10,15-18H2,1-4H3. The van der Waals surface area contributed by atoms with Crippen molar-refractivity contribution in [2.45, 2.75) is 91.9 Å². The topological polar surface area (TPSA) is 35.5 Å². The third kappa shape index (κ3) is 10.3. The lowest BCUT2D eigenvalue weighted by molar-refractivity contribution is 0.151. The predicted molar refractivity (Wildman–Crippen MR) is 134 cm³/mol. The molecular formula is C29H42O3. The maximum absolute atomic E-state index is 12.5. The minimum Gasteiger partial charge on any atom is -0.394 e. The van der Waals surface area contributed by atoms with Crippen molar-refractivity contribution in [2.75, 3.05) is 0 Å². The summed E-state index contributed by atoms with van der Waals surface area (Å²) in [6.07, 6.45) is 10.8. The van der Waals surface area contributed by atoms with Gasteiger partial charge < -0.3 is 9.47 Å². The SMILES string of the molecule is CC(C)CCCCCc1ccccc1OC(=O)Oc1ccccc1CCCCCC(C)C. The van der Waals surface area contributed by atoms with Crippen LogP contribution >= 0.6 is 0 Å². The summed E-state index contributed by atoms with van der Waals surface area (Å²) < 4.78 is 11.2. The summed E-state index contributed by atoms with van der Waals surface area (Å²) in [5, 5.41) is 0. The van der Waals surface area contributed by atoms with Crippen molar-refractivity contribution < 1.29 is 14.3 Å². The van der Waals surface area contributed by atoms with Crippen molar-refractivity contribution in [3.8, 4) is 11.5 Å². The Morgan fingerprint density at radius 1 is 0.625 bits per heavy atom. The molecule has 2 aromatic rings. The first-order valence-corrected chi connectivity index (χ1v) is 12.5. The number of carbonyl (C=O) groups excluding carboxylic acids is 1. The van der Waals surface area contributed by atoms with Gasteiger partial charge in [0.05, 0.1) is 0 Å². The van der Waals surface area contributed by atoms with E-state index in [-0.39, 0.29) is 0 Å². The molecule has 0 aliphatic rings. The van der Waals surface area contributed by atoms with Gasteiger partial charge in [0.15, 0.2) is 0 Å². The second-order valence-electron chi connectivity index (χ2n) is 9.66. The lowest BCUT2D eigenvalue weighted by Crippen LogP contribution is -2.15. The molecule has 0 aliphatic carbocycles. The summed E-state index contributed by atoms with van der Waals surface area (Å²) in [6.45, 7) is 9.05. The lowest BCUT2D eigenvalue weighted by Gasteiger charge is -2.12. The fourth-order valence-electron chi connectivity index (χ4n) is 3.91. The molecule has 2 rings (SSSR count). The molecule has 0 bridgehead atoms. The van der Waals surface area contributed by atoms with Crippen LogP contribution in [-0.4, -0.2) is 6.16 Å². The highest BCUT2D eigenvalue weighted by Gasteiger charge is 2.13. The van der Waals surface area contributed by atoms with Crippen LogP contribution in [0, 0.1) is 11.8 Å². The van der Waals surface area contributed by atoms with Crippen molar-refractivity contribution in [1.29, 1.82) is 0 Å². The number of carbonyl (C=O) groups is 1. The highest BCUT2D eigenvalue weighted by atomic mass is 16.7. The van der Waals surface area contributed by atoms with E-state index in [1.54, 1.807) is 0 Å². The minimum atomic E-state index is -0.662. The van der Waals surface area contributed by atoms with Crippen LogP contribution in [0.2, 0.25) is 0 Å². The number of benzene rings is 2. The van der Waals surface area contributed by atoms with Crippen LogP contribution in [0.15, 0.2) is 48.5 Å².